The largest absolute Gasteiger partial charge is 0.507 e. The zero-order valence-electron chi connectivity index (χ0n) is 16.4. The quantitative estimate of drug-likeness (QED) is 0.412. The van der Waals surface area contributed by atoms with Gasteiger partial charge in [-0.05, 0) is 54.4 Å². The van der Waals surface area contributed by atoms with Crippen molar-refractivity contribution in [2.75, 3.05) is 0 Å². The summed E-state index contributed by atoms with van der Waals surface area (Å²) in [6.45, 7) is 2.08. The summed E-state index contributed by atoms with van der Waals surface area (Å²) < 4.78 is 5.49. The van der Waals surface area contributed by atoms with Gasteiger partial charge in [-0.3, -0.25) is 9.89 Å². The van der Waals surface area contributed by atoms with E-state index in [2.05, 4.69) is 10.2 Å². The van der Waals surface area contributed by atoms with Gasteiger partial charge >= 0.3 is 0 Å². The second-order valence-electron chi connectivity index (χ2n) is 7.45. The molecule has 0 saturated carbocycles. The van der Waals surface area contributed by atoms with Crippen LogP contribution in [0.5, 0.6) is 5.75 Å². The summed E-state index contributed by atoms with van der Waals surface area (Å²) in [4.78, 5) is 15.0. The second kappa shape index (κ2) is 7.48. The van der Waals surface area contributed by atoms with Gasteiger partial charge in [-0.2, -0.15) is 5.10 Å². The van der Waals surface area contributed by atoms with E-state index >= 15 is 0 Å². The lowest BCUT2D eigenvalue weighted by Gasteiger charge is -2.25. The van der Waals surface area contributed by atoms with Gasteiger partial charge in [0.15, 0.2) is 0 Å². The number of aromatic amines is 1. The highest BCUT2D eigenvalue weighted by atomic mass is 35.5. The molecule has 1 amide bonds. The molecule has 3 heterocycles. The summed E-state index contributed by atoms with van der Waals surface area (Å²) in [5.41, 5.74) is 3.52. The molecule has 1 atom stereocenters. The molecule has 0 spiro atoms. The third-order valence-corrected chi connectivity index (χ3v) is 6.11. The summed E-state index contributed by atoms with van der Waals surface area (Å²) in [5, 5.41) is 18.9. The first kappa shape index (κ1) is 19.7. The standard InChI is InChI=1S/C23H17Cl2N3O3/c1-12-8-18(29)16(10-17(12)25)20-19-21(27-26-20)23(30)28(11-15-6-3-7-31-15)22(19)13-4-2-5-14(24)9-13/h2-10,22,29H,11H2,1H3,(H,26,27). The predicted octanol–water partition coefficient (Wildman–Crippen LogP) is 5.74. The Hall–Kier alpha value is -3.22. The van der Waals surface area contributed by atoms with E-state index in [1.54, 1.807) is 35.4 Å². The molecule has 0 bridgehead atoms. The fraction of sp³-hybridized carbons (Fsp3) is 0.130. The molecule has 5 rings (SSSR count). The predicted molar refractivity (Wildman–Crippen MR) is 117 cm³/mol. The van der Waals surface area contributed by atoms with Crippen molar-refractivity contribution < 1.29 is 14.3 Å². The van der Waals surface area contributed by atoms with Crippen LogP contribution in [-0.2, 0) is 6.54 Å². The zero-order chi connectivity index (χ0) is 21.7. The van der Waals surface area contributed by atoms with Crippen molar-refractivity contribution >= 4 is 29.1 Å². The van der Waals surface area contributed by atoms with Crippen LogP contribution in [-0.4, -0.2) is 26.1 Å². The van der Waals surface area contributed by atoms with Crippen molar-refractivity contribution in [3.05, 3.63) is 93.0 Å². The minimum Gasteiger partial charge on any atom is -0.507 e. The fourth-order valence-corrected chi connectivity index (χ4v) is 4.38. The number of amides is 1. The van der Waals surface area contributed by atoms with Crippen molar-refractivity contribution in [1.29, 1.82) is 0 Å². The van der Waals surface area contributed by atoms with Crippen LogP contribution >= 0.6 is 23.2 Å². The highest BCUT2D eigenvalue weighted by Gasteiger charge is 2.43. The Morgan fingerprint density at radius 2 is 2.03 bits per heavy atom. The number of nitrogens with zero attached hydrogens (tertiary/aromatic N) is 2. The molecule has 8 heteroatoms. The lowest BCUT2D eigenvalue weighted by molar-refractivity contribution is 0.0717. The van der Waals surface area contributed by atoms with Crippen molar-refractivity contribution in [3.8, 4) is 17.0 Å². The van der Waals surface area contributed by atoms with Crippen LogP contribution in [0.4, 0.5) is 0 Å². The van der Waals surface area contributed by atoms with Crippen molar-refractivity contribution in [2.24, 2.45) is 0 Å². The number of aromatic nitrogens is 2. The summed E-state index contributed by atoms with van der Waals surface area (Å²) in [6, 6.07) is 13.7. The number of rotatable bonds is 4. The Bertz CT molecular complexity index is 1300. The van der Waals surface area contributed by atoms with E-state index in [0.29, 0.717) is 38.3 Å². The van der Waals surface area contributed by atoms with Crippen LogP contribution in [0.2, 0.25) is 10.0 Å². The van der Waals surface area contributed by atoms with Crippen LogP contribution in [0.1, 0.15) is 39.0 Å². The van der Waals surface area contributed by atoms with Crippen LogP contribution in [0, 0.1) is 6.92 Å². The van der Waals surface area contributed by atoms with Gasteiger partial charge in [0.25, 0.3) is 5.91 Å². The van der Waals surface area contributed by atoms with E-state index in [4.69, 9.17) is 27.6 Å². The number of aryl methyl sites for hydroxylation is 1. The number of hydrogen-bond acceptors (Lipinski definition) is 4. The molecule has 0 saturated heterocycles. The minimum atomic E-state index is -0.473. The first-order valence-corrected chi connectivity index (χ1v) is 10.4. The number of nitrogens with one attached hydrogen (secondary N) is 1. The molecule has 1 aliphatic heterocycles. The number of carbonyl (C=O) groups is 1. The molecule has 2 N–H and O–H groups in total. The number of furan rings is 1. The topological polar surface area (TPSA) is 82.4 Å². The molecule has 1 unspecified atom stereocenters. The number of benzene rings is 2. The van der Waals surface area contributed by atoms with Crippen LogP contribution < -0.4 is 0 Å². The molecule has 0 aliphatic carbocycles. The number of fused-ring (bicyclic) bond motifs is 1. The first-order valence-electron chi connectivity index (χ1n) is 9.60. The van der Waals surface area contributed by atoms with E-state index < -0.39 is 6.04 Å². The molecule has 2 aromatic heterocycles. The van der Waals surface area contributed by atoms with Gasteiger partial charge in [-0.15, -0.1) is 0 Å². The van der Waals surface area contributed by atoms with Gasteiger partial charge in [0.05, 0.1) is 18.8 Å². The highest BCUT2D eigenvalue weighted by molar-refractivity contribution is 6.31. The van der Waals surface area contributed by atoms with E-state index in [-0.39, 0.29) is 18.2 Å². The molecule has 2 aromatic carbocycles. The van der Waals surface area contributed by atoms with Gasteiger partial charge in [0.1, 0.15) is 22.9 Å². The van der Waals surface area contributed by atoms with E-state index in [9.17, 15) is 9.90 Å². The minimum absolute atomic E-state index is 0.0398. The average molecular weight is 454 g/mol. The fourth-order valence-electron chi connectivity index (χ4n) is 4.01. The van der Waals surface area contributed by atoms with E-state index in [1.807, 2.05) is 31.2 Å². The molecule has 1 aliphatic rings. The Morgan fingerprint density at radius 1 is 1.19 bits per heavy atom. The van der Waals surface area contributed by atoms with E-state index in [1.165, 1.54) is 0 Å². The summed E-state index contributed by atoms with van der Waals surface area (Å²) >= 11 is 12.6. The molecule has 0 radical (unpaired) electrons. The Morgan fingerprint density at radius 3 is 2.77 bits per heavy atom. The Labute approximate surface area is 188 Å². The molecule has 156 valence electrons. The maximum Gasteiger partial charge on any atom is 0.273 e. The summed E-state index contributed by atoms with van der Waals surface area (Å²) in [6.07, 6.45) is 1.57. The number of halogens is 2. The number of phenols is 1. The van der Waals surface area contributed by atoms with Crippen molar-refractivity contribution in [2.45, 2.75) is 19.5 Å². The number of hydrogen-bond donors (Lipinski definition) is 2. The van der Waals surface area contributed by atoms with Crippen molar-refractivity contribution in [1.82, 2.24) is 15.1 Å². The van der Waals surface area contributed by atoms with Gasteiger partial charge in [-0.1, -0.05) is 35.3 Å². The molecule has 6 nitrogen and oxygen atoms in total. The maximum atomic E-state index is 13.3. The molecule has 4 aromatic rings. The smallest absolute Gasteiger partial charge is 0.273 e. The summed E-state index contributed by atoms with van der Waals surface area (Å²) in [5.74, 6) is 0.479. The van der Waals surface area contributed by atoms with E-state index in [0.717, 1.165) is 11.1 Å². The zero-order valence-corrected chi connectivity index (χ0v) is 17.9. The van der Waals surface area contributed by atoms with Crippen molar-refractivity contribution in [3.63, 3.8) is 0 Å². The first-order chi connectivity index (χ1) is 14.9. The lowest BCUT2D eigenvalue weighted by atomic mass is 9.95. The highest BCUT2D eigenvalue weighted by Crippen LogP contribution is 2.46. The molecular weight excluding hydrogens is 437 g/mol. The van der Waals surface area contributed by atoms with Gasteiger partial charge in [-0.25, -0.2) is 0 Å². The SMILES string of the molecule is Cc1cc(O)c(-c2n[nH]c3c2C(c2cccc(Cl)c2)N(Cc2ccco2)C3=O)cc1Cl. The Kier molecular flexibility index (Phi) is 4.76. The third-order valence-electron chi connectivity index (χ3n) is 5.47. The normalized spacial score (nSPS) is 15.5. The number of carbonyl (C=O) groups excluding carboxylic acids is 1. The van der Waals surface area contributed by atoms with Gasteiger partial charge in [0.2, 0.25) is 0 Å². The molecule has 0 fully saturated rings. The number of H-pyrrole nitrogens is 1. The average Bonchev–Trinajstić information content (AvgIpc) is 3.45. The number of phenolic OH excluding ortho intramolecular Hbond substituents is 1. The lowest BCUT2D eigenvalue weighted by Crippen LogP contribution is -2.29. The third kappa shape index (κ3) is 3.28. The summed E-state index contributed by atoms with van der Waals surface area (Å²) in [7, 11) is 0. The second-order valence-corrected chi connectivity index (χ2v) is 8.29. The molecule has 31 heavy (non-hydrogen) atoms. The number of aromatic hydroxyl groups is 1. The monoisotopic (exact) mass is 453 g/mol. The van der Waals surface area contributed by atoms with Crippen LogP contribution in [0.3, 0.4) is 0 Å². The Balaban J connectivity index is 1.70. The molecular formula is C23H17Cl2N3O3. The van der Waals surface area contributed by atoms with Crippen LogP contribution in [0.15, 0.2) is 59.2 Å². The van der Waals surface area contributed by atoms with Gasteiger partial charge < -0.3 is 14.4 Å². The van der Waals surface area contributed by atoms with Crippen LogP contribution in [0.25, 0.3) is 11.3 Å². The maximum absolute atomic E-state index is 13.3. The van der Waals surface area contributed by atoms with Gasteiger partial charge in [0, 0.05) is 21.2 Å².